The van der Waals surface area contributed by atoms with Gasteiger partial charge in [-0.05, 0) is 47.5 Å². The quantitative estimate of drug-likeness (QED) is 0.574. The minimum absolute atomic E-state index is 0.0134. The van der Waals surface area contributed by atoms with Crippen molar-refractivity contribution in [3.8, 4) is 11.8 Å². The van der Waals surface area contributed by atoms with Gasteiger partial charge in [0.05, 0.1) is 19.3 Å². The summed E-state index contributed by atoms with van der Waals surface area (Å²) in [6.45, 7) is 2.04. The van der Waals surface area contributed by atoms with Gasteiger partial charge in [0, 0.05) is 0 Å². The third-order valence-corrected chi connectivity index (χ3v) is 5.65. The number of benzene rings is 2. The molecular formula is C22H25N5O3. The van der Waals surface area contributed by atoms with Crippen LogP contribution < -0.4 is 10.1 Å². The van der Waals surface area contributed by atoms with Crippen LogP contribution in [-0.4, -0.2) is 58.2 Å². The van der Waals surface area contributed by atoms with Crippen molar-refractivity contribution in [2.24, 2.45) is 0 Å². The minimum atomic E-state index is -0.111. The van der Waals surface area contributed by atoms with Crippen molar-refractivity contribution in [3.63, 3.8) is 0 Å². The number of fused-ring (bicyclic) bond motifs is 1. The summed E-state index contributed by atoms with van der Waals surface area (Å²) >= 11 is 0. The van der Waals surface area contributed by atoms with E-state index in [0.717, 1.165) is 19.4 Å². The SMILES string of the molecule is c1ccc(CCCN[C@H]2CO[C@H]3[C@@H]2OC[C@@H]3n2nnnc2Oc2ccccc2)cc1. The minimum Gasteiger partial charge on any atom is -0.423 e. The van der Waals surface area contributed by atoms with E-state index in [0.29, 0.717) is 25.0 Å². The van der Waals surface area contributed by atoms with Crippen LogP contribution in [0.1, 0.15) is 18.0 Å². The predicted octanol–water partition coefficient (Wildman–Crippen LogP) is 2.40. The van der Waals surface area contributed by atoms with Crippen LogP contribution in [0.4, 0.5) is 0 Å². The van der Waals surface area contributed by atoms with Crippen molar-refractivity contribution in [2.45, 2.75) is 37.1 Å². The molecule has 2 aromatic carbocycles. The van der Waals surface area contributed by atoms with Gasteiger partial charge in [0.15, 0.2) is 0 Å². The number of hydrogen-bond donors (Lipinski definition) is 1. The number of tetrazole rings is 1. The Hall–Kier alpha value is -2.81. The van der Waals surface area contributed by atoms with Gasteiger partial charge in [0.2, 0.25) is 0 Å². The molecule has 0 radical (unpaired) electrons. The normalized spacial score (nSPS) is 25.3. The lowest BCUT2D eigenvalue weighted by molar-refractivity contribution is 0.0611. The Bertz CT molecular complexity index is 936. The average molecular weight is 407 g/mol. The molecule has 2 fully saturated rings. The zero-order valence-corrected chi connectivity index (χ0v) is 16.6. The largest absolute Gasteiger partial charge is 0.423 e. The highest BCUT2D eigenvalue weighted by Gasteiger charge is 2.49. The first kappa shape index (κ1) is 19.2. The van der Waals surface area contributed by atoms with Gasteiger partial charge in [-0.25, -0.2) is 0 Å². The molecule has 1 N–H and O–H groups in total. The summed E-state index contributed by atoms with van der Waals surface area (Å²) in [4.78, 5) is 0. The molecule has 2 aliphatic heterocycles. The highest BCUT2D eigenvalue weighted by Crippen LogP contribution is 2.35. The first-order chi connectivity index (χ1) is 14.9. The number of rotatable bonds is 8. The fraction of sp³-hybridized carbons (Fsp3) is 0.409. The van der Waals surface area contributed by atoms with E-state index in [1.807, 2.05) is 36.4 Å². The summed E-state index contributed by atoms with van der Waals surface area (Å²) in [5.74, 6) is 0.689. The molecule has 2 saturated heterocycles. The fourth-order valence-electron chi connectivity index (χ4n) is 4.14. The van der Waals surface area contributed by atoms with Gasteiger partial charge >= 0.3 is 6.01 Å². The van der Waals surface area contributed by atoms with Crippen LogP contribution in [-0.2, 0) is 15.9 Å². The van der Waals surface area contributed by atoms with Gasteiger partial charge in [-0.1, -0.05) is 53.6 Å². The van der Waals surface area contributed by atoms with Crippen LogP contribution >= 0.6 is 0 Å². The monoisotopic (exact) mass is 407 g/mol. The van der Waals surface area contributed by atoms with E-state index in [1.165, 1.54) is 5.56 Å². The molecule has 8 nitrogen and oxygen atoms in total. The van der Waals surface area contributed by atoms with Crippen LogP contribution in [0, 0.1) is 0 Å². The molecule has 0 aliphatic carbocycles. The van der Waals surface area contributed by atoms with Crippen LogP contribution in [0.3, 0.4) is 0 Å². The molecule has 1 aromatic heterocycles. The van der Waals surface area contributed by atoms with Crippen LogP contribution in [0.15, 0.2) is 60.7 Å². The van der Waals surface area contributed by atoms with Crippen molar-refractivity contribution in [1.82, 2.24) is 25.5 Å². The Labute approximate surface area is 175 Å². The number of para-hydroxylation sites is 1. The Morgan fingerprint density at radius 3 is 2.57 bits per heavy atom. The number of nitrogens with one attached hydrogen (secondary N) is 1. The number of aryl methyl sites for hydroxylation is 1. The highest BCUT2D eigenvalue weighted by atomic mass is 16.6. The third kappa shape index (κ3) is 4.07. The summed E-state index contributed by atoms with van der Waals surface area (Å²) in [6, 6.07) is 20.4. The summed E-state index contributed by atoms with van der Waals surface area (Å²) in [5, 5.41) is 15.6. The van der Waals surface area contributed by atoms with E-state index in [4.69, 9.17) is 14.2 Å². The third-order valence-electron chi connectivity index (χ3n) is 5.65. The van der Waals surface area contributed by atoms with Crippen LogP contribution in [0.25, 0.3) is 0 Å². The van der Waals surface area contributed by atoms with Gasteiger partial charge in [0.25, 0.3) is 0 Å². The van der Waals surface area contributed by atoms with Crippen molar-refractivity contribution in [3.05, 3.63) is 66.2 Å². The lowest BCUT2D eigenvalue weighted by Crippen LogP contribution is -2.41. The zero-order chi connectivity index (χ0) is 20.2. The molecule has 0 unspecified atom stereocenters. The molecule has 4 atom stereocenters. The van der Waals surface area contributed by atoms with Crippen LogP contribution in [0.2, 0.25) is 0 Å². The topological polar surface area (TPSA) is 83.3 Å². The molecule has 3 aromatic rings. The maximum atomic E-state index is 6.09. The molecule has 2 aliphatic rings. The Morgan fingerprint density at radius 1 is 0.967 bits per heavy atom. The maximum Gasteiger partial charge on any atom is 0.341 e. The number of aromatic nitrogens is 4. The van der Waals surface area contributed by atoms with Gasteiger partial charge in [-0.2, -0.15) is 4.68 Å². The van der Waals surface area contributed by atoms with E-state index in [1.54, 1.807) is 4.68 Å². The molecule has 30 heavy (non-hydrogen) atoms. The predicted molar refractivity (Wildman–Crippen MR) is 109 cm³/mol. The smallest absolute Gasteiger partial charge is 0.341 e. The van der Waals surface area contributed by atoms with Crippen molar-refractivity contribution >= 4 is 0 Å². The standard InChI is InChI=1S/C22H25N5O3/c1-3-8-16(9-4-1)10-7-13-23-18-14-28-21-19(15-29-20(18)21)27-22(24-25-26-27)30-17-11-5-2-6-12-17/h1-6,8-9,11-12,18-21,23H,7,10,13-15H2/t18-,19-,20+,21+/m0/s1. The summed E-state index contributed by atoms with van der Waals surface area (Å²) < 4.78 is 19.7. The van der Waals surface area contributed by atoms with Gasteiger partial charge in [0.1, 0.15) is 24.0 Å². The zero-order valence-electron chi connectivity index (χ0n) is 16.6. The summed E-state index contributed by atoms with van der Waals surface area (Å²) in [7, 11) is 0. The van der Waals surface area contributed by atoms with E-state index in [9.17, 15) is 0 Å². The first-order valence-electron chi connectivity index (χ1n) is 10.4. The molecule has 0 amide bonds. The summed E-state index contributed by atoms with van der Waals surface area (Å²) in [5.41, 5.74) is 1.36. The second-order valence-electron chi connectivity index (χ2n) is 7.63. The molecule has 156 valence electrons. The van der Waals surface area contributed by atoms with E-state index >= 15 is 0 Å². The van der Waals surface area contributed by atoms with E-state index in [2.05, 4.69) is 45.1 Å². The van der Waals surface area contributed by atoms with Crippen molar-refractivity contribution < 1.29 is 14.2 Å². The number of hydrogen-bond acceptors (Lipinski definition) is 7. The Kier molecular flexibility index (Phi) is 5.69. The lowest BCUT2D eigenvalue weighted by atomic mass is 10.1. The fourth-order valence-corrected chi connectivity index (χ4v) is 4.14. The second-order valence-corrected chi connectivity index (χ2v) is 7.63. The Balaban J connectivity index is 1.17. The molecular weight excluding hydrogens is 382 g/mol. The molecule has 3 heterocycles. The van der Waals surface area contributed by atoms with Gasteiger partial charge in [-0.3, -0.25) is 0 Å². The lowest BCUT2D eigenvalue weighted by Gasteiger charge is -2.18. The highest BCUT2D eigenvalue weighted by molar-refractivity contribution is 5.24. The van der Waals surface area contributed by atoms with E-state index in [-0.39, 0.29) is 24.3 Å². The molecule has 0 spiro atoms. The van der Waals surface area contributed by atoms with Gasteiger partial charge < -0.3 is 19.5 Å². The molecule has 0 saturated carbocycles. The molecule has 5 rings (SSSR count). The Morgan fingerprint density at radius 2 is 1.73 bits per heavy atom. The van der Waals surface area contributed by atoms with Crippen LogP contribution in [0.5, 0.6) is 11.8 Å². The van der Waals surface area contributed by atoms with E-state index < -0.39 is 0 Å². The maximum absolute atomic E-state index is 6.09. The number of nitrogens with zero attached hydrogens (tertiary/aromatic N) is 4. The van der Waals surface area contributed by atoms with Gasteiger partial charge in [-0.15, -0.1) is 0 Å². The average Bonchev–Trinajstić information content (AvgIpc) is 3.50. The second kappa shape index (κ2) is 8.91. The summed E-state index contributed by atoms with van der Waals surface area (Å²) in [6.07, 6.45) is 2.02. The number of ether oxygens (including phenoxy) is 3. The van der Waals surface area contributed by atoms with Crippen molar-refractivity contribution in [2.75, 3.05) is 19.8 Å². The first-order valence-corrected chi connectivity index (χ1v) is 10.4. The molecule has 8 heteroatoms. The molecule has 0 bridgehead atoms. The van der Waals surface area contributed by atoms with Crippen molar-refractivity contribution in [1.29, 1.82) is 0 Å².